The quantitative estimate of drug-likeness (QED) is 0.827. The van der Waals surface area contributed by atoms with Crippen LogP contribution in [0, 0.1) is 13.8 Å². The highest BCUT2D eigenvalue weighted by Gasteiger charge is 2.48. The van der Waals surface area contributed by atoms with Gasteiger partial charge in [-0.2, -0.15) is 0 Å². The van der Waals surface area contributed by atoms with Gasteiger partial charge in [0.1, 0.15) is 5.84 Å². The average Bonchev–Trinajstić information content (AvgIpc) is 3.02. The Morgan fingerprint density at radius 3 is 2.68 bits per heavy atom. The summed E-state index contributed by atoms with van der Waals surface area (Å²) in [7, 11) is 1.69. The van der Waals surface area contributed by atoms with Crippen molar-refractivity contribution in [2.45, 2.75) is 32.6 Å². The van der Waals surface area contributed by atoms with Gasteiger partial charge in [0.25, 0.3) is 5.91 Å². The highest BCUT2D eigenvalue weighted by Crippen LogP contribution is 2.27. The van der Waals surface area contributed by atoms with Crippen molar-refractivity contribution in [2.75, 3.05) is 39.9 Å². The molecule has 3 aliphatic rings. The van der Waals surface area contributed by atoms with Crippen molar-refractivity contribution < 1.29 is 14.3 Å². The second-order valence-electron chi connectivity index (χ2n) is 7.76. The number of imide groups is 1. The molecule has 0 radical (unpaired) electrons. The lowest BCUT2D eigenvalue weighted by molar-refractivity contribution is -0.127. The summed E-state index contributed by atoms with van der Waals surface area (Å²) in [6, 6.07) is 5.46. The van der Waals surface area contributed by atoms with E-state index in [1.54, 1.807) is 7.05 Å². The molecule has 0 aromatic heterocycles. The summed E-state index contributed by atoms with van der Waals surface area (Å²) < 4.78 is 5.45. The Morgan fingerprint density at radius 2 is 1.93 bits per heavy atom. The smallest absolute Gasteiger partial charge is 0.325 e. The predicted octanol–water partition coefficient (Wildman–Crippen LogP) is 0.726. The van der Waals surface area contributed by atoms with E-state index in [0.717, 1.165) is 18.9 Å². The third-order valence-corrected chi connectivity index (χ3v) is 5.76. The zero-order valence-corrected chi connectivity index (χ0v) is 16.6. The van der Waals surface area contributed by atoms with E-state index >= 15 is 0 Å². The topological polar surface area (TPSA) is 77.5 Å². The molecule has 3 aliphatic heterocycles. The van der Waals surface area contributed by atoms with Crippen LogP contribution in [-0.4, -0.2) is 84.6 Å². The van der Waals surface area contributed by atoms with Crippen molar-refractivity contribution in [1.82, 2.24) is 20.0 Å². The Morgan fingerprint density at radius 1 is 1.18 bits per heavy atom. The fourth-order valence-corrected chi connectivity index (χ4v) is 4.02. The van der Waals surface area contributed by atoms with E-state index in [9.17, 15) is 9.59 Å². The molecular formula is C20H27N5O3. The Hall–Kier alpha value is -2.45. The second-order valence-corrected chi connectivity index (χ2v) is 7.76. The van der Waals surface area contributed by atoms with Gasteiger partial charge >= 0.3 is 6.03 Å². The zero-order chi connectivity index (χ0) is 19.8. The number of ether oxygens (including phenoxy) is 1. The third kappa shape index (κ3) is 3.49. The van der Waals surface area contributed by atoms with E-state index in [0.29, 0.717) is 26.3 Å². The Balaban J connectivity index is 1.64. The van der Waals surface area contributed by atoms with Crippen LogP contribution in [0.4, 0.5) is 4.79 Å². The van der Waals surface area contributed by atoms with Crippen molar-refractivity contribution >= 4 is 17.8 Å². The normalized spacial score (nSPS) is 25.6. The number of hydrogen-bond donors (Lipinski definition) is 1. The van der Waals surface area contributed by atoms with Crippen molar-refractivity contribution in [3.63, 3.8) is 0 Å². The van der Waals surface area contributed by atoms with Gasteiger partial charge in [-0.05, 0) is 25.0 Å². The lowest BCUT2D eigenvalue weighted by atomic mass is 10.0. The van der Waals surface area contributed by atoms with Gasteiger partial charge in [-0.1, -0.05) is 23.8 Å². The van der Waals surface area contributed by atoms with Crippen LogP contribution in [0.25, 0.3) is 0 Å². The van der Waals surface area contributed by atoms with Gasteiger partial charge in [-0.25, -0.2) is 9.79 Å². The number of nitrogens with zero attached hydrogens (tertiary/aromatic N) is 4. The molecule has 150 valence electrons. The first-order valence-electron chi connectivity index (χ1n) is 9.71. The fraction of sp³-hybridized carbons (Fsp3) is 0.550. The van der Waals surface area contributed by atoms with Crippen LogP contribution in [0.2, 0.25) is 0 Å². The molecule has 8 heteroatoms. The number of fused-ring (bicyclic) bond motifs is 1. The number of morpholine rings is 1. The molecule has 0 aliphatic carbocycles. The molecule has 0 bridgehead atoms. The maximum absolute atomic E-state index is 12.7. The van der Waals surface area contributed by atoms with E-state index in [4.69, 9.17) is 9.73 Å². The molecule has 1 aromatic carbocycles. The molecule has 0 saturated carbocycles. The molecule has 3 heterocycles. The zero-order valence-electron chi connectivity index (χ0n) is 16.6. The largest absolute Gasteiger partial charge is 0.379 e. The van der Waals surface area contributed by atoms with Crippen LogP contribution < -0.4 is 5.32 Å². The van der Waals surface area contributed by atoms with Crippen molar-refractivity contribution in [3.05, 3.63) is 34.9 Å². The summed E-state index contributed by atoms with van der Waals surface area (Å²) in [5, 5.41) is 2.47. The molecule has 2 unspecified atom stereocenters. The van der Waals surface area contributed by atoms with Gasteiger partial charge in [0, 0.05) is 26.7 Å². The lowest BCUT2D eigenvalue weighted by Gasteiger charge is -2.37. The number of aliphatic imine (C=N–C) groups is 1. The molecule has 28 heavy (non-hydrogen) atoms. The van der Waals surface area contributed by atoms with Crippen LogP contribution in [-0.2, 0) is 16.1 Å². The number of nitrogens with one attached hydrogen (secondary N) is 1. The van der Waals surface area contributed by atoms with Crippen LogP contribution in [0.3, 0.4) is 0 Å². The van der Waals surface area contributed by atoms with Gasteiger partial charge in [0.05, 0.1) is 19.8 Å². The van der Waals surface area contributed by atoms with E-state index in [-0.39, 0.29) is 5.91 Å². The summed E-state index contributed by atoms with van der Waals surface area (Å²) in [6.45, 7) is 8.48. The summed E-state index contributed by atoms with van der Waals surface area (Å²) in [5.74, 6) is 0.577. The summed E-state index contributed by atoms with van der Waals surface area (Å²) in [4.78, 5) is 35.5. The summed E-state index contributed by atoms with van der Waals surface area (Å²) >= 11 is 0. The van der Waals surface area contributed by atoms with Crippen LogP contribution in [0.1, 0.15) is 16.7 Å². The molecule has 3 amide bonds. The number of carbonyl (C=O) groups excluding carboxylic acids is 2. The van der Waals surface area contributed by atoms with Gasteiger partial charge in [-0.3, -0.25) is 15.0 Å². The van der Waals surface area contributed by atoms with Crippen LogP contribution in [0.15, 0.2) is 23.2 Å². The van der Waals surface area contributed by atoms with Crippen molar-refractivity contribution in [1.29, 1.82) is 0 Å². The number of aryl methyl sites for hydroxylation is 2. The Kier molecular flexibility index (Phi) is 5.07. The number of urea groups is 1. The van der Waals surface area contributed by atoms with E-state index < -0.39 is 18.2 Å². The minimum Gasteiger partial charge on any atom is -0.379 e. The van der Waals surface area contributed by atoms with E-state index in [1.165, 1.54) is 21.6 Å². The SMILES string of the molecule is Cc1ccc(C)c(CN2C(CN3CCOCC3)=NC3C2C(=O)NC(=O)N3C)c1. The molecular weight excluding hydrogens is 358 g/mol. The molecule has 8 nitrogen and oxygen atoms in total. The summed E-state index contributed by atoms with van der Waals surface area (Å²) in [5.41, 5.74) is 3.53. The first-order chi connectivity index (χ1) is 13.4. The van der Waals surface area contributed by atoms with E-state index in [2.05, 4.69) is 47.2 Å². The molecule has 0 spiro atoms. The first-order valence-corrected chi connectivity index (χ1v) is 9.71. The number of amidine groups is 1. The van der Waals surface area contributed by atoms with Crippen LogP contribution >= 0.6 is 0 Å². The van der Waals surface area contributed by atoms with Crippen molar-refractivity contribution in [2.24, 2.45) is 4.99 Å². The minimum absolute atomic E-state index is 0.279. The molecule has 4 rings (SSSR count). The number of hydrogen-bond acceptors (Lipinski definition) is 6. The lowest BCUT2D eigenvalue weighted by Crippen LogP contribution is -2.63. The highest BCUT2D eigenvalue weighted by atomic mass is 16.5. The molecule has 2 saturated heterocycles. The molecule has 2 atom stereocenters. The minimum atomic E-state index is -0.501. The predicted molar refractivity (Wildman–Crippen MR) is 105 cm³/mol. The molecule has 2 fully saturated rings. The number of benzene rings is 1. The molecule has 1 N–H and O–H groups in total. The standard InChI is InChI=1S/C20H27N5O3/c1-13-4-5-14(2)15(10-13)11-25-16(12-24-6-8-28-9-7-24)21-18-17(25)19(26)22-20(27)23(18)3/h4-5,10,17-18H,6-9,11-12H2,1-3H3,(H,22,26,27). The van der Waals surface area contributed by atoms with Crippen LogP contribution in [0.5, 0.6) is 0 Å². The van der Waals surface area contributed by atoms with Gasteiger partial charge in [-0.15, -0.1) is 0 Å². The first kappa shape index (κ1) is 18.9. The maximum Gasteiger partial charge on any atom is 0.325 e. The Bertz CT molecular complexity index is 818. The second kappa shape index (κ2) is 7.52. The monoisotopic (exact) mass is 385 g/mol. The van der Waals surface area contributed by atoms with E-state index in [1.807, 2.05) is 0 Å². The maximum atomic E-state index is 12.7. The number of carbonyl (C=O) groups is 2. The Labute approximate surface area is 165 Å². The molecule has 1 aromatic rings. The number of amides is 3. The van der Waals surface area contributed by atoms with Gasteiger partial charge < -0.3 is 14.5 Å². The van der Waals surface area contributed by atoms with Gasteiger partial charge in [0.15, 0.2) is 12.2 Å². The average molecular weight is 385 g/mol. The highest BCUT2D eigenvalue weighted by molar-refractivity contribution is 6.04. The van der Waals surface area contributed by atoms with Gasteiger partial charge in [0.2, 0.25) is 0 Å². The third-order valence-electron chi connectivity index (χ3n) is 5.76. The number of rotatable bonds is 4. The number of likely N-dealkylation sites (N-methyl/N-ethyl adjacent to an activating group) is 1. The fourth-order valence-electron chi connectivity index (χ4n) is 4.02. The summed E-state index contributed by atoms with van der Waals surface area (Å²) in [6.07, 6.45) is -0.484. The van der Waals surface area contributed by atoms with Crippen molar-refractivity contribution in [3.8, 4) is 0 Å².